The molecule has 0 fully saturated rings. The number of halogens is 1. The second-order valence-electron chi connectivity index (χ2n) is 4.02. The van der Waals surface area contributed by atoms with Crippen LogP contribution in [0.1, 0.15) is 34.9 Å². The molecule has 2 atom stereocenters. The summed E-state index contributed by atoms with van der Waals surface area (Å²) >= 11 is 3.65. The maximum absolute atomic E-state index is 3.65. The van der Waals surface area contributed by atoms with Gasteiger partial charge in [-0.2, -0.15) is 0 Å². The van der Waals surface area contributed by atoms with Crippen LogP contribution >= 0.6 is 15.9 Å². The second kappa shape index (κ2) is 2.48. The van der Waals surface area contributed by atoms with Gasteiger partial charge in [0.05, 0.1) is 0 Å². The molecule has 1 heteroatoms. The SMILES string of the molecule is Cc1cccc2c1C1C=C(Br)C2C1. The predicted molar refractivity (Wildman–Crippen MR) is 58.3 cm³/mol. The van der Waals surface area contributed by atoms with Gasteiger partial charge in [-0.15, -0.1) is 0 Å². The van der Waals surface area contributed by atoms with Crippen LogP contribution in [0.4, 0.5) is 0 Å². The smallest absolute Gasteiger partial charge is 0.0164 e. The van der Waals surface area contributed by atoms with E-state index in [1.807, 2.05) is 0 Å². The maximum Gasteiger partial charge on any atom is 0.0164 e. The Morgan fingerprint density at radius 2 is 2.23 bits per heavy atom. The summed E-state index contributed by atoms with van der Waals surface area (Å²) in [4.78, 5) is 0. The Morgan fingerprint density at radius 3 is 3.08 bits per heavy atom. The van der Waals surface area contributed by atoms with Gasteiger partial charge >= 0.3 is 0 Å². The highest BCUT2D eigenvalue weighted by Crippen LogP contribution is 2.54. The lowest BCUT2D eigenvalue weighted by Crippen LogP contribution is -1.97. The first-order valence-corrected chi connectivity index (χ1v) is 5.53. The van der Waals surface area contributed by atoms with E-state index in [1.165, 1.54) is 16.5 Å². The maximum atomic E-state index is 3.65. The van der Waals surface area contributed by atoms with Crippen molar-refractivity contribution in [1.29, 1.82) is 0 Å². The van der Waals surface area contributed by atoms with Gasteiger partial charge < -0.3 is 0 Å². The Bertz CT molecular complexity index is 404. The largest absolute Gasteiger partial charge is 0.0662 e. The number of rotatable bonds is 0. The molecule has 2 bridgehead atoms. The molecule has 2 unspecified atom stereocenters. The van der Waals surface area contributed by atoms with Gasteiger partial charge in [-0.05, 0) is 34.5 Å². The van der Waals surface area contributed by atoms with Crippen molar-refractivity contribution >= 4 is 15.9 Å². The third-order valence-electron chi connectivity index (χ3n) is 3.29. The molecule has 0 nitrogen and oxygen atoms in total. The fourth-order valence-electron chi connectivity index (χ4n) is 2.73. The summed E-state index contributed by atoms with van der Waals surface area (Å²) in [6, 6.07) is 6.68. The number of hydrogen-bond acceptors (Lipinski definition) is 0. The summed E-state index contributed by atoms with van der Waals surface area (Å²) in [5, 5.41) is 0. The summed E-state index contributed by atoms with van der Waals surface area (Å²) in [6.45, 7) is 2.22. The van der Waals surface area contributed by atoms with E-state index in [4.69, 9.17) is 0 Å². The fraction of sp³-hybridized carbons (Fsp3) is 0.333. The van der Waals surface area contributed by atoms with Crippen LogP contribution in [-0.4, -0.2) is 0 Å². The first-order chi connectivity index (χ1) is 6.27. The van der Waals surface area contributed by atoms with E-state index < -0.39 is 0 Å². The quantitative estimate of drug-likeness (QED) is 0.640. The number of benzene rings is 1. The van der Waals surface area contributed by atoms with Gasteiger partial charge in [0, 0.05) is 11.8 Å². The highest BCUT2D eigenvalue weighted by atomic mass is 79.9. The van der Waals surface area contributed by atoms with Crippen molar-refractivity contribution in [2.24, 2.45) is 0 Å². The number of hydrogen-bond donors (Lipinski definition) is 0. The highest BCUT2D eigenvalue weighted by Gasteiger charge is 2.37. The van der Waals surface area contributed by atoms with Crippen LogP contribution in [0.25, 0.3) is 0 Å². The monoisotopic (exact) mass is 234 g/mol. The molecule has 0 saturated heterocycles. The van der Waals surface area contributed by atoms with Gasteiger partial charge in [0.1, 0.15) is 0 Å². The summed E-state index contributed by atoms with van der Waals surface area (Å²) in [7, 11) is 0. The van der Waals surface area contributed by atoms with Crippen LogP contribution in [0.5, 0.6) is 0 Å². The lowest BCUT2D eigenvalue weighted by molar-refractivity contribution is 0.800. The molecule has 0 spiro atoms. The Balaban J connectivity index is 2.26. The Kier molecular flexibility index (Phi) is 1.49. The summed E-state index contributed by atoms with van der Waals surface area (Å²) in [5.41, 5.74) is 4.61. The van der Waals surface area contributed by atoms with Gasteiger partial charge in [-0.3, -0.25) is 0 Å². The molecule has 0 N–H and O–H groups in total. The minimum Gasteiger partial charge on any atom is -0.0662 e. The number of allylic oxidation sites excluding steroid dienone is 2. The first kappa shape index (κ1) is 7.81. The van der Waals surface area contributed by atoms with Crippen LogP contribution in [-0.2, 0) is 0 Å². The van der Waals surface area contributed by atoms with E-state index in [2.05, 4.69) is 47.1 Å². The van der Waals surface area contributed by atoms with Crippen molar-refractivity contribution in [3.05, 3.63) is 45.4 Å². The molecule has 1 aromatic carbocycles. The predicted octanol–water partition coefficient (Wildman–Crippen LogP) is 3.86. The van der Waals surface area contributed by atoms with Gasteiger partial charge in [-0.25, -0.2) is 0 Å². The zero-order chi connectivity index (χ0) is 9.00. The molecule has 0 saturated carbocycles. The molecular formula is C12H11Br. The van der Waals surface area contributed by atoms with Crippen LogP contribution < -0.4 is 0 Å². The average molecular weight is 235 g/mol. The molecule has 2 aliphatic carbocycles. The Labute approximate surface area is 86.8 Å². The van der Waals surface area contributed by atoms with Crippen molar-refractivity contribution < 1.29 is 0 Å². The van der Waals surface area contributed by atoms with Crippen molar-refractivity contribution in [1.82, 2.24) is 0 Å². The van der Waals surface area contributed by atoms with Crippen molar-refractivity contribution in [2.75, 3.05) is 0 Å². The minimum absolute atomic E-state index is 0.667. The molecule has 0 aromatic heterocycles. The Hall–Kier alpha value is -0.560. The second-order valence-corrected chi connectivity index (χ2v) is 4.94. The van der Waals surface area contributed by atoms with Crippen molar-refractivity contribution in [3.8, 4) is 0 Å². The van der Waals surface area contributed by atoms with Crippen LogP contribution in [0, 0.1) is 6.92 Å². The normalized spacial score (nSPS) is 28.9. The highest BCUT2D eigenvalue weighted by molar-refractivity contribution is 9.11. The molecule has 2 aliphatic rings. The van der Waals surface area contributed by atoms with Gasteiger partial charge in [0.25, 0.3) is 0 Å². The van der Waals surface area contributed by atoms with E-state index >= 15 is 0 Å². The lowest BCUT2D eigenvalue weighted by atomic mass is 9.93. The van der Waals surface area contributed by atoms with Crippen molar-refractivity contribution in [3.63, 3.8) is 0 Å². The van der Waals surface area contributed by atoms with Crippen LogP contribution in [0.2, 0.25) is 0 Å². The molecule has 1 aromatic rings. The standard InChI is InChI=1S/C12H11Br/c1-7-3-2-4-9-10-5-8(12(7)9)6-11(10)13/h2-4,6,8,10H,5H2,1H3. The topological polar surface area (TPSA) is 0 Å². The molecule has 0 radical (unpaired) electrons. The van der Waals surface area contributed by atoms with Crippen LogP contribution in [0.3, 0.4) is 0 Å². The number of fused-ring (bicyclic) bond motifs is 5. The van der Waals surface area contributed by atoms with Gasteiger partial charge in [0.2, 0.25) is 0 Å². The first-order valence-electron chi connectivity index (χ1n) is 4.74. The van der Waals surface area contributed by atoms with E-state index in [1.54, 1.807) is 11.1 Å². The third kappa shape index (κ3) is 0.912. The molecule has 0 aliphatic heterocycles. The molecule has 0 amide bonds. The Morgan fingerprint density at radius 1 is 1.38 bits per heavy atom. The fourth-order valence-corrected chi connectivity index (χ4v) is 3.49. The van der Waals surface area contributed by atoms with E-state index in [-0.39, 0.29) is 0 Å². The minimum atomic E-state index is 0.667. The van der Waals surface area contributed by atoms with Gasteiger partial charge in [0.15, 0.2) is 0 Å². The molecule has 66 valence electrons. The summed E-state index contributed by atoms with van der Waals surface area (Å²) < 4.78 is 1.40. The molecule has 13 heavy (non-hydrogen) atoms. The average Bonchev–Trinajstić information content (AvgIpc) is 2.61. The molecule has 3 rings (SSSR count). The van der Waals surface area contributed by atoms with Crippen molar-refractivity contribution in [2.45, 2.75) is 25.2 Å². The molecular weight excluding hydrogens is 224 g/mol. The van der Waals surface area contributed by atoms with E-state index in [9.17, 15) is 0 Å². The lowest BCUT2D eigenvalue weighted by Gasteiger charge is -2.14. The van der Waals surface area contributed by atoms with Gasteiger partial charge in [-0.1, -0.05) is 40.2 Å². The third-order valence-corrected chi connectivity index (χ3v) is 4.10. The summed E-state index contributed by atoms with van der Waals surface area (Å²) in [5.74, 6) is 1.36. The summed E-state index contributed by atoms with van der Waals surface area (Å²) in [6.07, 6.45) is 3.67. The van der Waals surface area contributed by atoms with E-state index in [0.717, 1.165) is 0 Å². The van der Waals surface area contributed by atoms with Crippen LogP contribution in [0.15, 0.2) is 28.8 Å². The molecule has 0 heterocycles. The van der Waals surface area contributed by atoms with E-state index in [0.29, 0.717) is 11.8 Å². The zero-order valence-corrected chi connectivity index (χ0v) is 9.14. The number of aryl methyl sites for hydroxylation is 1. The zero-order valence-electron chi connectivity index (χ0n) is 7.55.